The normalized spacial score (nSPS) is 16.4. The maximum atomic E-state index is 13.0. The molecule has 2 N–H and O–H groups in total. The van der Waals surface area contributed by atoms with Crippen LogP contribution < -0.4 is 15.5 Å². The summed E-state index contributed by atoms with van der Waals surface area (Å²) in [6, 6.07) is 10.3. The van der Waals surface area contributed by atoms with Crippen LogP contribution >= 0.6 is 34.5 Å². The van der Waals surface area contributed by atoms with Gasteiger partial charge in [-0.1, -0.05) is 40.6 Å². The predicted octanol–water partition coefficient (Wildman–Crippen LogP) is 8.28. The van der Waals surface area contributed by atoms with Crippen LogP contribution in [0.4, 0.5) is 41.4 Å². The topological polar surface area (TPSA) is 66.0 Å². The summed E-state index contributed by atoms with van der Waals surface area (Å²) in [7, 11) is 0. The summed E-state index contributed by atoms with van der Waals surface area (Å²) < 4.78 is 39.0. The molecule has 0 amide bonds. The van der Waals surface area contributed by atoms with E-state index < -0.39 is 11.7 Å². The van der Waals surface area contributed by atoms with Crippen LogP contribution in [0.25, 0.3) is 10.3 Å². The Labute approximate surface area is 219 Å². The van der Waals surface area contributed by atoms with Crippen LogP contribution in [0, 0.1) is 0 Å². The number of hydrogen-bond donors (Lipinski definition) is 2. The zero-order valence-electron chi connectivity index (χ0n) is 19.0. The monoisotopic (exact) mass is 552 g/mol. The summed E-state index contributed by atoms with van der Waals surface area (Å²) in [5, 5.41) is 7.70. The first-order chi connectivity index (χ1) is 17.2. The third-order valence-electron chi connectivity index (χ3n) is 5.98. The molecule has 0 aliphatic carbocycles. The summed E-state index contributed by atoms with van der Waals surface area (Å²) in [5.41, 5.74) is 0.742. The number of anilines is 5. The maximum absolute atomic E-state index is 13.0. The first-order valence-corrected chi connectivity index (χ1v) is 12.9. The molecule has 1 atom stereocenters. The van der Waals surface area contributed by atoms with E-state index in [9.17, 15) is 13.2 Å². The van der Waals surface area contributed by atoms with Crippen LogP contribution in [0.15, 0.2) is 42.5 Å². The molecule has 2 aromatic heterocycles. The second-order valence-electron chi connectivity index (χ2n) is 8.50. The predicted molar refractivity (Wildman–Crippen MR) is 140 cm³/mol. The Hall–Kier alpha value is -2.82. The second kappa shape index (κ2) is 9.91. The third kappa shape index (κ3) is 5.16. The summed E-state index contributed by atoms with van der Waals surface area (Å²) >= 11 is 13.9. The Morgan fingerprint density at radius 3 is 2.36 bits per heavy atom. The van der Waals surface area contributed by atoms with E-state index in [1.54, 1.807) is 18.2 Å². The molecule has 1 saturated heterocycles. The van der Waals surface area contributed by atoms with Crippen LogP contribution in [-0.2, 0) is 6.18 Å². The number of thiazole rings is 1. The van der Waals surface area contributed by atoms with E-state index in [0.717, 1.165) is 37.9 Å². The van der Waals surface area contributed by atoms with E-state index in [1.165, 1.54) is 23.5 Å². The number of aromatic nitrogens is 3. The van der Waals surface area contributed by atoms with Gasteiger partial charge in [0.15, 0.2) is 15.8 Å². The molecule has 0 radical (unpaired) electrons. The number of halogens is 5. The van der Waals surface area contributed by atoms with Crippen molar-refractivity contribution in [3.05, 3.63) is 58.1 Å². The van der Waals surface area contributed by atoms with Gasteiger partial charge in [-0.2, -0.15) is 23.1 Å². The van der Waals surface area contributed by atoms with Gasteiger partial charge in [-0.05, 0) is 62.6 Å². The van der Waals surface area contributed by atoms with Gasteiger partial charge in [-0.15, -0.1) is 0 Å². The van der Waals surface area contributed by atoms with Crippen molar-refractivity contribution in [2.45, 2.75) is 38.4 Å². The number of nitrogens with one attached hydrogen (secondary N) is 2. The number of hydrogen-bond acceptors (Lipinski definition) is 7. The SMILES string of the molecule is CC1CCCCN1c1nc(Nc2ccc(C(F)(F)F)cc2)c2nc(Nc3c(Cl)cccc3Cl)sc2n1. The molecule has 4 aromatic rings. The number of alkyl halides is 3. The van der Waals surface area contributed by atoms with Crippen molar-refractivity contribution >= 4 is 73.2 Å². The van der Waals surface area contributed by atoms with E-state index in [1.807, 2.05) is 0 Å². The highest BCUT2D eigenvalue weighted by Gasteiger charge is 2.30. The minimum absolute atomic E-state index is 0.266. The number of para-hydroxylation sites is 1. The summed E-state index contributed by atoms with van der Waals surface area (Å²) in [6.07, 6.45) is -1.20. The first kappa shape index (κ1) is 24.9. The molecule has 0 bridgehead atoms. The standard InChI is InChI=1S/C24H21Cl2F3N6S/c1-13-5-2-3-12-35(13)22-33-20(30-15-10-8-14(9-11-15)24(27,28)29)19-21(34-22)36-23(32-19)31-18-16(25)6-4-7-17(18)26/h4,6-11,13H,2-3,5,12H2,1H3,(H,31,32)(H,30,33,34). The highest BCUT2D eigenvalue weighted by molar-refractivity contribution is 7.22. The average molecular weight is 553 g/mol. The highest BCUT2D eigenvalue weighted by Crippen LogP contribution is 2.38. The summed E-state index contributed by atoms with van der Waals surface area (Å²) in [6.45, 7) is 2.96. The van der Waals surface area contributed by atoms with Crippen LogP contribution in [0.3, 0.4) is 0 Å². The van der Waals surface area contributed by atoms with Gasteiger partial charge in [0.1, 0.15) is 5.52 Å². The Kier molecular flexibility index (Phi) is 6.84. The van der Waals surface area contributed by atoms with Gasteiger partial charge in [0.2, 0.25) is 5.95 Å². The molecular formula is C24H21Cl2F3N6S. The van der Waals surface area contributed by atoms with E-state index >= 15 is 0 Å². The second-order valence-corrected chi connectivity index (χ2v) is 10.3. The number of rotatable bonds is 5. The lowest BCUT2D eigenvalue weighted by molar-refractivity contribution is -0.137. The fraction of sp³-hybridized carbons (Fsp3) is 0.292. The van der Waals surface area contributed by atoms with Crippen LogP contribution in [0.2, 0.25) is 10.0 Å². The lowest BCUT2D eigenvalue weighted by atomic mass is 10.0. The number of piperidine rings is 1. The van der Waals surface area contributed by atoms with Crippen molar-refractivity contribution in [1.29, 1.82) is 0 Å². The zero-order chi connectivity index (χ0) is 25.4. The molecular weight excluding hydrogens is 532 g/mol. The van der Waals surface area contributed by atoms with E-state index in [2.05, 4.69) is 27.4 Å². The zero-order valence-corrected chi connectivity index (χ0v) is 21.4. The molecule has 2 aromatic carbocycles. The van der Waals surface area contributed by atoms with Crippen LogP contribution in [0.5, 0.6) is 0 Å². The van der Waals surface area contributed by atoms with Crippen molar-refractivity contribution in [3.8, 4) is 0 Å². The number of nitrogens with zero attached hydrogens (tertiary/aromatic N) is 4. The molecule has 188 valence electrons. The highest BCUT2D eigenvalue weighted by atomic mass is 35.5. The Balaban J connectivity index is 1.55. The maximum Gasteiger partial charge on any atom is 0.416 e. The van der Waals surface area contributed by atoms with E-state index in [-0.39, 0.29) is 6.04 Å². The van der Waals surface area contributed by atoms with Gasteiger partial charge >= 0.3 is 6.18 Å². The van der Waals surface area contributed by atoms with Crippen molar-refractivity contribution < 1.29 is 13.2 Å². The minimum Gasteiger partial charge on any atom is -0.338 e. The third-order valence-corrected chi connectivity index (χ3v) is 7.47. The molecule has 1 unspecified atom stereocenters. The molecule has 1 aliphatic heterocycles. The molecule has 5 rings (SSSR count). The van der Waals surface area contributed by atoms with Gasteiger partial charge < -0.3 is 15.5 Å². The Bertz CT molecular complexity index is 1370. The van der Waals surface area contributed by atoms with E-state index in [0.29, 0.717) is 48.7 Å². The molecule has 12 heteroatoms. The van der Waals surface area contributed by atoms with Crippen molar-refractivity contribution in [1.82, 2.24) is 15.0 Å². The lowest BCUT2D eigenvalue weighted by Crippen LogP contribution is -2.38. The number of fused-ring (bicyclic) bond motifs is 1. The van der Waals surface area contributed by atoms with Gasteiger partial charge in [0, 0.05) is 18.3 Å². The average Bonchev–Trinajstić information content (AvgIpc) is 3.25. The van der Waals surface area contributed by atoms with Crippen LogP contribution in [-0.4, -0.2) is 27.5 Å². The van der Waals surface area contributed by atoms with Gasteiger partial charge in [-0.25, -0.2) is 4.98 Å². The number of benzene rings is 2. The Morgan fingerprint density at radius 2 is 1.69 bits per heavy atom. The molecule has 36 heavy (non-hydrogen) atoms. The first-order valence-electron chi connectivity index (χ1n) is 11.3. The largest absolute Gasteiger partial charge is 0.416 e. The van der Waals surface area contributed by atoms with Gasteiger partial charge in [0.05, 0.1) is 21.3 Å². The van der Waals surface area contributed by atoms with Crippen molar-refractivity contribution in [3.63, 3.8) is 0 Å². The van der Waals surface area contributed by atoms with Crippen molar-refractivity contribution in [2.75, 3.05) is 22.1 Å². The Morgan fingerprint density at radius 1 is 0.972 bits per heavy atom. The van der Waals surface area contributed by atoms with Gasteiger partial charge in [-0.3, -0.25) is 0 Å². The van der Waals surface area contributed by atoms with Gasteiger partial charge in [0.25, 0.3) is 0 Å². The fourth-order valence-electron chi connectivity index (χ4n) is 4.08. The lowest BCUT2D eigenvalue weighted by Gasteiger charge is -2.33. The fourth-order valence-corrected chi connectivity index (χ4v) is 5.41. The van der Waals surface area contributed by atoms with E-state index in [4.69, 9.17) is 33.2 Å². The molecule has 1 aliphatic rings. The molecule has 0 spiro atoms. The quantitative estimate of drug-likeness (QED) is 0.259. The molecule has 6 nitrogen and oxygen atoms in total. The molecule has 0 saturated carbocycles. The smallest absolute Gasteiger partial charge is 0.338 e. The summed E-state index contributed by atoms with van der Waals surface area (Å²) in [5.74, 6) is 0.956. The molecule has 3 heterocycles. The van der Waals surface area contributed by atoms with Crippen LogP contribution in [0.1, 0.15) is 31.7 Å². The minimum atomic E-state index is -4.41. The van der Waals surface area contributed by atoms with Crippen molar-refractivity contribution in [2.24, 2.45) is 0 Å². The summed E-state index contributed by atoms with van der Waals surface area (Å²) in [4.78, 5) is 17.0. The molecule has 1 fully saturated rings.